The quantitative estimate of drug-likeness (QED) is 0.215. The molecule has 5 aromatic rings. The fourth-order valence-electron chi connectivity index (χ4n) is 3.86. The van der Waals surface area contributed by atoms with Gasteiger partial charge in [-0.25, -0.2) is 0 Å². The Morgan fingerprint density at radius 2 is 1.55 bits per heavy atom. The van der Waals surface area contributed by atoms with Gasteiger partial charge in [-0.3, -0.25) is 9.36 Å². The second kappa shape index (κ2) is 11.7. The minimum Gasteiger partial charge on any atom is -0.497 e. The molecule has 1 N–H and O–H groups in total. The second-order valence-electron chi connectivity index (χ2n) is 8.49. The Morgan fingerprint density at radius 1 is 0.842 bits per heavy atom. The molecule has 1 amide bonds. The zero-order valence-corrected chi connectivity index (χ0v) is 21.8. The van der Waals surface area contributed by atoms with Gasteiger partial charge in [0.25, 0.3) is 0 Å². The molecule has 5 rings (SSSR count). The minimum atomic E-state index is -0.145. The zero-order chi connectivity index (χ0) is 26.3. The molecule has 0 atom stereocenters. The van der Waals surface area contributed by atoms with Crippen LogP contribution < -0.4 is 14.8 Å². The van der Waals surface area contributed by atoms with Gasteiger partial charge in [-0.2, -0.15) is 0 Å². The van der Waals surface area contributed by atoms with Crippen molar-refractivity contribution in [3.8, 4) is 34.3 Å². The number of nitrogens with one attached hydrogen (secondary N) is 1. The molecule has 1 heterocycles. The zero-order valence-electron chi connectivity index (χ0n) is 21.0. The van der Waals surface area contributed by atoms with Crippen LogP contribution >= 0.6 is 11.8 Å². The van der Waals surface area contributed by atoms with Crippen LogP contribution in [-0.4, -0.2) is 33.5 Å². The maximum atomic E-state index is 12.8. The summed E-state index contributed by atoms with van der Waals surface area (Å²) in [6, 6.07) is 32.6. The van der Waals surface area contributed by atoms with Crippen molar-refractivity contribution in [1.29, 1.82) is 0 Å². The van der Waals surface area contributed by atoms with Gasteiger partial charge in [0.15, 0.2) is 11.0 Å². The summed E-state index contributed by atoms with van der Waals surface area (Å²) < 4.78 is 13.1. The summed E-state index contributed by atoms with van der Waals surface area (Å²) in [5.74, 6) is 2.94. The lowest BCUT2D eigenvalue weighted by Crippen LogP contribution is -2.14. The number of methoxy groups -OCH3 is 1. The summed E-state index contributed by atoms with van der Waals surface area (Å²) in [6.07, 6.45) is 0. The number of hydrogen-bond donors (Lipinski definition) is 1. The molecule has 0 aliphatic carbocycles. The van der Waals surface area contributed by atoms with Crippen LogP contribution in [0.2, 0.25) is 0 Å². The predicted molar refractivity (Wildman–Crippen MR) is 150 cm³/mol. The molecule has 0 unspecified atom stereocenters. The first-order chi connectivity index (χ1) is 18.6. The van der Waals surface area contributed by atoms with Crippen molar-refractivity contribution < 1.29 is 14.3 Å². The molecule has 7 nitrogen and oxygen atoms in total. The molecule has 4 aromatic carbocycles. The molecule has 0 bridgehead atoms. The average molecular weight is 523 g/mol. The van der Waals surface area contributed by atoms with Gasteiger partial charge in [-0.05, 0) is 73.7 Å². The highest BCUT2D eigenvalue weighted by molar-refractivity contribution is 7.99. The van der Waals surface area contributed by atoms with Crippen LogP contribution in [0.15, 0.2) is 108 Å². The summed E-state index contributed by atoms with van der Waals surface area (Å²) >= 11 is 1.33. The third kappa shape index (κ3) is 6.04. The Kier molecular flexibility index (Phi) is 7.70. The van der Waals surface area contributed by atoms with Crippen molar-refractivity contribution in [2.75, 3.05) is 18.2 Å². The summed E-state index contributed by atoms with van der Waals surface area (Å²) in [6.45, 7) is 2.04. The van der Waals surface area contributed by atoms with Crippen LogP contribution in [0.4, 0.5) is 5.69 Å². The number of benzene rings is 4. The van der Waals surface area contributed by atoms with Crippen molar-refractivity contribution in [2.24, 2.45) is 0 Å². The lowest BCUT2D eigenvalue weighted by Gasteiger charge is -2.12. The molecule has 0 fully saturated rings. The molecule has 0 saturated carbocycles. The summed E-state index contributed by atoms with van der Waals surface area (Å²) in [4.78, 5) is 12.8. The monoisotopic (exact) mass is 522 g/mol. The molecule has 0 aliphatic rings. The highest BCUT2D eigenvalue weighted by Gasteiger charge is 2.18. The van der Waals surface area contributed by atoms with Crippen molar-refractivity contribution >= 4 is 23.4 Å². The number of carbonyl (C=O) groups excluding carboxylic acids is 1. The van der Waals surface area contributed by atoms with E-state index in [2.05, 4.69) is 21.6 Å². The van der Waals surface area contributed by atoms with E-state index in [1.807, 2.05) is 109 Å². The second-order valence-corrected chi connectivity index (χ2v) is 9.43. The molecular weight excluding hydrogens is 496 g/mol. The van der Waals surface area contributed by atoms with Gasteiger partial charge in [-0.1, -0.05) is 53.7 Å². The van der Waals surface area contributed by atoms with Crippen LogP contribution in [0.25, 0.3) is 17.1 Å². The lowest BCUT2D eigenvalue weighted by atomic mass is 10.1. The number of nitrogens with zero attached hydrogens (tertiary/aromatic N) is 3. The third-order valence-corrected chi connectivity index (χ3v) is 6.62. The fourth-order valence-corrected chi connectivity index (χ4v) is 4.61. The molecule has 0 spiro atoms. The molecular formula is C30H26N4O3S. The topological polar surface area (TPSA) is 78.3 Å². The smallest absolute Gasteiger partial charge is 0.234 e. The van der Waals surface area contributed by atoms with E-state index in [1.165, 1.54) is 11.8 Å². The summed E-state index contributed by atoms with van der Waals surface area (Å²) in [5.41, 5.74) is 3.64. The van der Waals surface area contributed by atoms with Crippen LogP contribution in [0.1, 0.15) is 5.56 Å². The third-order valence-electron chi connectivity index (χ3n) is 5.69. The molecule has 38 heavy (non-hydrogen) atoms. The maximum Gasteiger partial charge on any atom is 0.234 e. The van der Waals surface area contributed by atoms with E-state index in [4.69, 9.17) is 9.47 Å². The van der Waals surface area contributed by atoms with Crippen LogP contribution in [-0.2, 0) is 4.79 Å². The van der Waals surface area contributed by atoms with Gasteiger partial charge >= 0.3 is 0 Å². The summed E-state index contributed by atoms with van der Waals surface area (Å²) in [5, 5.41) is 12.4. The normalized spacial score (nSPS) is 10.7. The van der Waals surface area contributed by atoms with Crippen molar-refractivity contribution in [1.82, 2.24) is 14.8 Å². The van der Waals surface area contributed by atoms with E-state index in [0.717, 1.165) is 28.3 Å². The fraction of sp³-hybridized carbons (Fsp3) is 0.100. The van der Waals surface area contributed by atoms with E-state index in [-0.39, 0.29) is 11.7 Å². The molecule has 0 radical (unpaired) electrons. The average Bonchev–Trinajstić information content (AvgIpc) is 3.38. The SMILES string of the molecule is COc1ccc(-n2c(SCC(=O)Nc3ccc(Oc4ccccc4)cc3)nnc2-c2cccc(C)c2)cc1. The number of thioether (sulfide) groups is 1. The number of aromatic nitrogens is 3. The molecule has 1 aromatic heterocycles. The standard InChI is InChI=1S/C30H26N4O3S/c1-21-7-6-8-22(19-21)29-32-33-30(34(29)24-13-17-25(36-2)18-14-24)38-20-28(35)31-23-11-15-27(16-12-23)37-26-9-4-3-5-10-26/h3-19H,20H2,1-2H3,(H,31,35). The van der Waals surface area contributed by atoms with E-state index in [1.54, 1.807) is 7.11 Å². The van der Waals surface area contributed by atoms with Crippen molar-refractivity contribution in [3.05, 3.63) is 109 Å². The number of amides is 1. The highest BCUT2D eigenvalue weighted by Crippen LogP contribution is 2.30. The lowest BCUT2D eigenvalue weighted by molar-refractivity contribution is -0.113. The Bertz CT molecular complexity index is 1520. The number of hydrogen-bond acceptors (Lipinski definition) is 6. The number of rotatable bonds is 9. The number of para-hydroxylation sites is 1. The minimum absolute atomic E-state index is 0.145. The van der Waals surface area contributed by atoms with E-state index >= 15 is 0 Å². The largest absolute Gasteiger partial charge is 0.497 e. The first-order valence-corrected chi connectivity index (χ1v) is 13.0. The Hall–Kier alpha value is -4.56. The maximum absolute atomic E-state index is 12.8. The molecule has 0 aliphatic heterocycles. The number of ether oxygens (including phenoxy) is 2. The van der Waals surface area contributed by atoms with Gasteiger partial charge in [0.05, 0.1) is 12.9 Å². The Labute approximate surface area is 225 Å². The van der Waals surface area contributed by atoms with Crippen LogP contribution in [0, 0.1) is 6.92 Å². The van der Waals surface area contributed by atoms with Crippen LogP contribution in [0.5, 0.6) is 17.2 Å². The van der Waals surface area contributed by atoms with Gasteiger partial charge in [0, 0.05) is 16.9 Å². The van der Waals surface area contributed by atoms with E-state index in [9.17, 15) is 4.79 Å². The van der Waals surface area contributed by atoms with Gasteiger partial charge in [0.1, 0.15) is 17.2 Å². The predicted octanol–water partition coefficient (Wildman–Crippen LogP) is 6.77. The first-order valence-electron chi connectivity index (χ1n) is 12.0. The molecule has 190 valence electrons. The first kappa shape index (κ1) is 25.1. The van der Waals surface area contributed by atoms with Crippen molar-refractivity contribution in [2.45, 2.75) is 12.1 Å². The highest BCUT2D eigenvalue weighted by atomic mass is 32.2. The molecule has 0 saturated heterocycles. The van der Waals surface area contributed by atoms with E-state index in [0.29, 0.717) is 22.4 Å². The van der Waals surface area contributed by atoms with Gasteiger partial charge < -0.3 is 14.8 Å². The van der Waals surface area contributed by atoms with Gasteiger partial charge in [0.2, 0.25) is 5.91 Å². The van der Waals surface area contributed by atoms with E-state index < -0.39 is 0 Å². The van der Waals surface area contributed by atoms with Crippen LogP contribution in [0.3, 0.4) is 0 Å². The number of carbonyl (C=O) groups is 1. The number of aryl methyl sites for hydroxylation is 1. The summed E-state index contributed by atoms with van der Waals surface area (Å²) in [7, 11) is 1.63. The Morgan fingerprint density at radius 3 is 2.26 bits per heavy atom. The number of anilines is 1. The molecule has 8 heteroatoms. The van der Waals surface area contributed by atoms with Gasteiger partial charge in [-0.15, -0.1) is 10.2 Å². The van der Waals surface area contributed by atoms with Crippen molar-refractivity contribution in [3.63, 3.8) is 0 Å². The Balaban J connectivity index is 1.30.